The van der Waals surface area contributed by atoms with E-state index in [-0.39, 0.29) is 28.3 Å². The Labute approximate surface area is 189 Å². The SMILES string of the molecule is Cn1cc(C2C3=C(CC(C)(C)CC3=O)N(c3ccccn3)C3=C2C(=O)CC(C)(C)C3)cn1. The molecular weight excluding hydrogens is 400 g/mol. The predicted molar refractivity (Wildman–Crippen MR) is 123 cm³/mol. The van der Waals surface area contributed by atoms with E-state index in [9.17, 15) is 9.59 Å². The predicted octanol–water partition coefficient (Wildman–Crippen LogP) is 4.71. The largest absolute Gasteiger partial charge is 0.302 e. The zero-order valence-electron chi connectivity index (χ0n) is 19.5. The van der Waals surface area contributed by atoms with E-state index in [0.717, 1.165) is 46.8 Å². The van der Waals surface area contributed by atoms with Gasteiger partial charge >= 0.3 is 0 Å². The lowest BCUT2D eigenvalue weighted by atomic mass is 9.64. The van der Waals surface area contributed by atoms with E-state index in [1.807, 2.05) is 31.4 Å². The summed E-state index contributed by atoms with van der Waals surface area (Å²) in [5, 5.41) is 4.37. The number of Topliss-reactive ketones (excluding diaryl/α,β-unsaturated/α-hetero) is 2. The molecule has 0 fully saturated rings. The number of carbonyl (C=O) groups excluding carboxylic acids is 2. The number of hydrogen-bond donors (Lipinski definition) is 0. The Balaban J connectivity index is 1.83. The minimum atomic E-state index is -0.360. The van der Waals surface area contributed by atoms with Crippen LogP contribution in [0.2, 0.25) is 0 Å². The van der Waals surface area contributed by atoms with Gasteiger partial charge in [0.15, 0.2) is 11.6 Å². The van der Waals surface area contributed by atoms with Gasteiger partial charge in [-0.3, -0.25) is 14.3 Å². The maximum absolute atomic E-state index is 13.7. The number of aryl methyl sites for hydroxylation is 1. The normalized spacial score (nSPS) is 22.8. The Hall–Kier alpha value is -3.02. The van der Waals surface area contributed by atoms with Crippen LogP contribution in [0.4, 0.5) is 5.82 Å². The van der Waals surface area contributed by atoms with Crippen molar-refractivity contribution < 1.29 is 9.59 Å². The van der Waals surface area contributed by atoms with Crippen molar-refractivity contribution >= 4 is 17.4 Å². The number of rotatable bonds is 2. The van der Waals surface area contributed by atoms with Crippen molar-refractivity contribution in [1.29, 1.82) is 0 Å². The van der Waals surface area contributed by atoms with Crippen LogP contribution in [-0.4, -0.2) is 26.3 Å². The van der Waals surface area contributed by atoms with Gasteiger partial charge in [0.1, 0.15) is 5.82 Å². The van der Waals surface area contributed by atoms with Crippen LogP contribution in [0, 0.1) is 10.8 Å². The molecule has 2 aliphatic carbocycles. The smallest absolute Gasteiger partial charge is 0.162 e. The molecule has 1 aliphatic heterocycles. The molecule has 0 atom stereocenters. The Morgan fingerprint density at radius 2 is 1.50 bits per heavy atom. The van der Waals surface area contributed by atoms with E-state index < -0.39 is 0 Å². The molecule has 0 unspecified atom stereocenters. The first-order chi connectivity index (χ1) is 15.1. The van der Waals surface area contributed by atoms with Crippen molar-refractivity contribution in [3.63, 3.8) is 0 Å². The second-order valence-corrected chi connectivity index (χ2v) is 11.0. The van der Waals surface area contributed by atoms with Crippen LogP contribution in [-0.2, 0) is 16.6 Å². The quantitative estimate of drug-likeness (QED) is 0.690. The highest BCUT2D eigenvalue weighted by Crippen LogP contribution is 2.55. The molecule has 0 bridgehead atoms. The van der Waals surface area contributed by atoms with E-state index in [1.54, 1.807) is 17.1 Å². The fraction of sp³-hybridized carbons (Fsp3) is 0.462. The fourth-order valence-corrected chi connectivity index (χ4v) is 5.65. The van der Waals surface area contributed by atoms with Crippen LogP contribution in [0.1, 0.15) is 64.9 Å². The minimum Gasteiger partial charge on any atom is -0.302 e. The lowest BCUT2D eigenvalue weighted by Gasteiger charge is -2.48. The molecule has 166 valence electrons. The van der Waals surface area contributed by atoms with E-state index in [4.69, 9.17) is 0 Å². The molecule has 0 saturated carbocycles. The molecule has 0 radical (unpaired) electrons. The van der Waals surface area contributed by atoms with E-state index in [0.29, 0.717) is 12.8 Å². The first kappa shape index (κ1) is 20.9. The van der Waals surface area contributed by atoms with Gasteiger partial charge in [-0.25, -0.2) is 4.98 Å². The Morgan fingerprint density at radius 3 is 1.97 bits per heavy atom. The average Bonchev–Trinajstić information content (AvgIpc) is 3.11. The van der Waals surface area contributed by atoms with Gasteiger partial charge < -0.3 is 4.90 Å². The van der Waals surface area contributed by atoms with Crippen molar-refractivity contribution in [3.8, 4) is 0 Å². The van der Waals surface area contributed by atoms with Gasteiger partial charge in [-0.15, -0.1) is 0 Å². The van der Waals surface area contributed by atoms with Crippen LogP contribution >= 0.6 is 0 Å². The highest BCUT2D eigenvalue weighted by atomic mass is 16.1. The van der Waals surface area contributed by atoms with Crippen molar-refractivity contribution in [1.82, 2.24) is 14.8 Å². The molecule has 32 heavy (non-hydrogen) atoms. The number of anilines is 1. The summed E-state index contributed by atoms with van der Waals surface area (Å²) < 4.78 is 1.75. The lowest BCUT2D eigenvalue weighted by molar-refractivity contribution is -0.119. The monoisotopic (exact) mass is 430 g/mol. The standard InChI is InChI=1S/C26H30N4O2/c1-25(2)10-17-23(19(31)12-25)22(16-14-28-29(5)15-16)24-18(11-26(3,4)13-20(24)32)30(17)21-8-6-7-9-27-21/h6-9,14-15,22H,10-13H2,1-5H3. The number of pyridine rings is 1. The Bertz CT molecular complexity index is 1130. The third-order valence-corrected chi connectivity index (χ3v) is 6.85. The van der Waals surface area contributed by atoms with Crippen LogP contribution in [0.5, 0.6) is 0 Å². The zero-order valence-corrected chi connectivity index (χ0v) is 19.5. The summed E-state index contributed by atoms with van der Waals surface area (Å²) in [6, 6.07) is 5.82. The van der Waals surface area contributed by atoms with Crippen molar-refractivity contribution in [2.45, 2.75) is 59.3 Å². The van der Waals surface area contributed by atoms with Gasteiger partial charge in [0, 0.05) is 66.3 Å². The summed E-state index contributed by atoms with van der Waals surface area (Å²) in [7, 11) is 1.87. The highest BCUT2D eigenvalue weighted by molar-refractivity contribution is 6.08. The average molecular weight is 431 g/mol. The molecule has 3 aliphatic rings. The molecule has 6 heteroatoms. The van der Waals surface area contributed by atoms with E-state index in [1.165, 1.54) is 0 Å². The number of carbonyl (C=O) groups is 2. The second-order valence-electron chi connectivity index (χ2n) is 11.0. The number of nitrogens with zero attached hydrogens (tertiary/aromatic N) is 4. The van der Waals surface area contributed by atoms with E-state index in [2.05, 4.69) is 42.7 Å². The fourth-order valence-electron chi connectivity index (χ4n) is 5.65. The van der Waals surface area contributed by atoms with Crippen molar-refractivity contribution in [2.75, 3.05) is 4.90 Å². The van der Waals surface area contributed by atoms with Crippen molar-refractivity contribution in [2.24, 2.45) is 17.9 Å². The molecule has 0 spiro atoms. The first-order valence-electron chi connectivity index (χ1n) is 11.3. The molecule has 0 N–H and O–H groups in total. The molecule has 3 heterocycles. The molecule has 0 aromatic carbocycles. The van der Waals surface area contributed by atoms with Crippen LogP contribution in [0.15, 0.2) is 59.3 Å². The van der Waals surface area contributed by atoms with Gasteiger partial charge in [0.05, 0.1) is 6.20 Å². The number of ketones is 2. The molecular formula is C26H30N4O2. The van der Waals surface area contributed by atoms with Gasteiger partial charge in [-0.2, -0.15) is 5.10 Å². The Kier molecular flexibility index (Phi) is 4.56. The van der Waals surface area contributed by atoms with Crippen LogP contribution in [0.25, 0.3) is 0 Å². The maximum atomic E-state index is 13.7. The first-order valence-corrected chi connectivity index (χ1v) is 11.3. The van der Waals surface area contributed by atoms with E-state index >= 15 is 0 Å². The molecule has 2 aromatic rings. The van der Waals surface area contributed by atoms with Crippen LogP contribution in [0.3, 0.4) is 0 Å². The van der Waals surface area contributed by atoms with Gasteiger partial charge in [0.2, 0.25) is 0 Å². The highest BCUT2D eigenvalue weighted by Gasteiger charge is 2.49. The van der Waals surface area contributed by atoms with Crippen LogP contribution < -0.4 is 4.90 Å². The number of aromatic nitrogens is 3. The summed E-state index contributed by atoms with van der Waals surface area (Å²) in [5.41, 5.74) is 4.06. The maximum Gasteiger partial charge on any atom is 0.162 e. The van der Waals surface area contributed by atoms with Gasteiger partial charge in [-0.05, 0) is 35.8 Å². The molecule has 0 amide bonds. The molecule has 6 nitrogen and oxygen atoms in total. The summed E-state index contributed by atoms with van der Waals surface area (Å²) in [5.74, 6) is 0.652. The number of allylic oxidation sites excluding steroid dienone is 4. The van der Waals surface area contributed by atoms with Gasteiger partial charge in [-0.1, -0.05) is 33.8 Å². The third kappa shape index (κ3) is 3.33. The molecule has 0 saturated heterocycles. The molecule has 2 aromatic heterocycles. The zero-order chi connectivity index (χ0) is 22.8. The number of hydrogen-bond acceptors (Lipinski definition) is 5. The Morgan fingerprint density at radius 1 is 0.906 bits per heavy atom. The van der Waals surface area contributed by atoms with Gasteiger partial charge in [0.25, 0.3) is 0 Å². The summed E-state index contributed by atoms with van der Waals surface area (Å²) in [4.78, 5) is 34.1. The third-order valence-electron chi connectivity index (χ3n) is 6.85. The summed E-state index contributed by atoms with van der Waals surface area (Å²) in [6.07, 6.45) is 7.98. The summed E-state index contributed by atoms with van der Waals surface area (Å²) in [6.45, 7) is 8.57. The van der Waals surface area contributed by atoms with Crippen molar-refractivity contribution in [3.05, 3.63) is 64.9 Å². The summed E-state index contributed by atoms with van der Waals surface area (Å²) >= 11 is 0. The topological polar surface area (TPSA) is 68.1 Å². The minimum absolute atomic E-state index is 0.121. The lowest BCUT2D eigenvalue weighted by Crippen LogP contribution is -2.44. The molecule has 5 rings (SSSR count). The second kappa shape index (κ2) is 6.99.